The molecule has 1 aromatic rings. The van der Waals surface area contributed by atoms with Crippen molar-refractivity contribution in [2.75, 3.05) is 0 Å². The summed E-state index contributed by atoms with van der Waals surface area (Å²) in [6.07, 6.45) is 3.71. The quantitative estimate of drug-likeness (QED) is 0.542. The molecule has 0 aromatic carbocycles. The summed E-state index contributed by atoms with van der Waals surface area (Å²) in [4.78, 5) is 3.98. The number of hydrogen-bond donors (Lipinski definition) is 0. The molecule has 0 bridgehead atoms. The molecule has 0 unspecified atom stereocenters. The largest absolute Gasteiger partial charge is 0.264 e. The van der Waals surface area contributed by atoms with Gasteiger partial charge in [0.15, 0.2) is 0 Å². The molecule has 0 atom stereocenters. The predicted molar refractivity (Wildman–Crippen MR) is 41.0 cm³/mol. The maximum Gasteiger partial charge on any atom is 0.0297 e. The molecular formula is C7H10ClN. The minimum absolute atomic E-state index is 0. The van der Waals surface area contributed by atoms with Gasteiger partial charge < -0.3 is 0 Å². The molecule has 0 spiro atoms. The number of halogens is 1. The molecule has 50 valence electrons. The van der Waals surface area contributed by atoms with Crippen LogP contribution in [-0.2, 0) is 0 Å². The molecular weight excluding hydrogens is 134 g/mol. The van der Waals surface area contributed by atoms with Crippen LogP contribution in [-0.4, -0.2) is 4.98 Å². The lowest BCUT2D eigenvalue weighted by Gasteiger charge is -1.89. The monoisotopic (exact) mass is 143 g/mol. The van der Waals surface area contributed by atoms with E-state index in [1.54, 1.807) is 0 Å². The molecule has 0 amide bonds. The van der Waals surface area contributed by atoms with Crippen molar-refractivity contribution >= 4 is 12.4 Å². The van der Waals surface area contributed by atoms with Gasteiger partial charge in [-0.05, 0) is 25.0 Å². The first-order valence-corrected chi connectivity index (χ1v) is 2.67. The van der Waals surface area contributed by atoms with Gasteiger partial charge in [0.05, 0.1) is 0 Å². The van der Waals surface area contributed by atoms with Crippen LogP contribution in [0, 0.1) is 13.8 Å². The second kappa shape index (κ2) is 3.46. The van der Waals surface area contributed by atoms with Gasteiger partial charge in [0.1, 0.15) is 0 Å². The highest BCUT2D eigenvalue weighted by atomic mass is 35.5. The van der Waals surface area contributed by atoms with Crippen molar-refractivity contribution in [3.05, 3.63) is 29.6 Å². The van der Waals surface area contributed by atoms with E-state index in [0.717, 1.165) is 0 Å². The fourth-order valence-electron chi connectivity index (χ4n) is 0.706. The summed E-state index contributed by atoms with van der Waals surface area (Å²) in [5, 5.41) is 0. The van der Waals surface area contributed by atoms with Crippen molar-refractivity contribution in [3.63, 3.8) is 0 Å². The highest BCUT2D eigenvalue weighted by molar-refractivity contribution is 5.85. The zero-order valence-corrected chi connectivity index (χ0v) is 6.40. The first-order valence-electron chi connectivity index (χ1n) is 2.67. The zero-order chi connectivity index (χ0) is 5.98. The molecule has 1 rings (SSSR count). The molecule has 0 radical (unpaired) electrons. The van der Waals surface area contributed by atoms with Crippen LogP contribution >= 0.6 is 12.4 Å². The van der Waals surface area contributed by atoms with Crippen LogP contribution in [0.15, 0.2) is 18.5 Å². The number of aryl methyl sites for hydroxylation is 2. The molecule has 0 saturated carbocycles. The van der Waals surface area contributed by atoms with E-state index in [-0.39, 0.29) is 12.4 Å². The van der Waals surface area contributed by atoms with Gasteiger partial charge in [-0.1, -0.05) is 6.07 Å². The third kappa shape index (κ3) is 2.47. The van der Waals surface area contributed by atoms with E-state index >= 15 is 0 Å². The second-order valence-electron chi connectivity index (χ2n) is 2.04. The van der Waals surface area contributed by atoms with Gasteiger partial charge in [0.25, 0.3) is 0 Å². The first kappa shape index (κ1) is 8.44. The van der Waals surface area contributed by atoms with E-state index < -0.39 is 0 Å². The van der Waals surface area contributed by atoms with E-state index in [4.69, 9.17) is 0 Å². The predicted octanol–water partition coefficient (Wildman–Crippen LogP) is 2.12. The average Bonchev–Trinajstić information content (AvgIpc) is 1.64. The number of aromatic nitrogens is 1. The molecule has 0 N–H and O–H groups in total. The Labute approximate surface area is 61.5 Å². The average molecular weight is 144 g/mol. The molecule has 0 saturated heterocycles. The summed E-state index contributed by atoms with van der Waals surface area (Å²) in [6.45, 7) is 4.08. The zero-order valence-electron chi connectivity index (χ0n) is 5.59. The molecule has 1 aromatic heterocycles. The maximum absolute atomic E-state index is 3.98. The Kier molecular flexibility index (Phi) is 3.25. The normalized spacial score (nSPS) is 8.22. The van der Waals surface area contributed by atoms with Gasteiger partial charge in [0.2, 0.25) is 0 Å². The molecule has 9 heavy (non-hydrogen) atoms. The molecule has 0 aliphatic heterocycles. The van der Waals surface area contributed by atoms with Crippen molar-refractivity contribution in [1.82, 2.24) is 4.98 Å². The van der Waals surface area contributed by atoms with Crippen molar-refractivity contribution in [2.45, 2.75) is 13.8 Å². The second-order valence-corrected chi connectivity index (χ2v) is 2.04. The first-order chi connectivity index (χ1) is 3.79. The van der Waals surface area contributed by atoms with Crippen molar-refractivity contribution < 1.29 is 0 Å². The van der Waals surface area contributed by atoms with Gasteiger partial charge in [-0.2, -0.15) is 0 Å². The number of rotatable bonds is 0. The van der Waals surface area contributed by atoms with Crippen LogP contribution in [0.2, 0.25) is 0 Å². The summed E-state index contributed by atoms with van der Waals surface area (Å²) in [6, 6.07) is 2.10. The molecule has 2 heteroatoms. The van der Waals surface area contributed by atoms with Crippen LogP contribution in [0.4, 0.5) is 0 Å². The minimum atomic E-state index is 0. The smallest absolute Gasteiger partial charge is 0.0297 e. The molecule has 0 aliphatic rings. The topological polar surface area (TPSA) is 12.9 Å². The lowest BCUT2D eigenvalue weighted by atomic mass is 10.2. The molecule has 0 aliphatic carbocycles. The van der Waals surface area contributed by atoms with Gasteiger partial charge >= 0.3 is 0 Å². The number of nitrogens with zero attached hydrogens (tertiary/aromatic N) is 1. The third-order valence-electron chi connectivity index (χ3n) is 1.01. The summed E-state index contributed by atoms with van der Waals surface area (Å²) in [5.74, 6) is 0. The Morgan fingerprint density at radius 2 is 1.56 bits per heavy atom. The lowest BCUT2D eigenvalue weighted by molar-refractivity contribution is 1.22. The van der Waals surface area contributed by atoms with E-state index in [2.05, 4.69) is 11.1 Å². The van der Waals surface area contributed by atoms with E-state index in [1.807, 2.05) is 26.2 Å². The minimum Gasteiger partial charge on any atom is -0.264 e. The van der Waals surface area contributed by atoms with Crippen LogP contribution in [0.25, 0.3) is 0 Å². The van der Waals surface area contributed by atoms with Crippen LogP contribution in [0.5, 0.6) is 0 Å². The van der Waals surface area contributed by atoms with E-state index in [9.17, 15) is 0 Å². The van der Waals surface area contributed by atoms with Gasteiger partial charge in [-0.3, -0.25) is 4.98 Å². The lowest BCUT2D eigenvalue weighted by Crippen LogP contribution is -1.76. The molecule has 1 heterocycles. The highest BCUT2D eigenvalue weighted by Crippen LogP contribution is 1.96. The summed E-state index contributed by atoms with van der Waals surface area (Å²) in [7, 11) is 0. The maximum atomic E-state index is 3.98. The Balaban J connectivity index is 0.000000640. The fourth-order valence-corrected chi connectivity index (χ4v) is 0.706. The Morgan fingerprint density at radius 1 is 1.11 bits per heavy atom. The van der Waals surface area contributed by atoms with Crippen LogP contribution in [0.3, 0.4) is 0 Å². The third-order valence-corrected chi connectivity index (χ3v) is 1.01. The summed E-state index contributed by atoms with van der Waals surface area (Å²) in [5.41, 5.74) is 2.45. The van der Waals surface area contributed by atoms with Gasteiger partial charge in [-0.15, -0.1) is 12.4 Å². The summed E-state index contributed by atoms with van der Waals surface area (Å²) < 4.78 is 0. The van der Waals surface area contributed by atoms with Crippen LogP contribution < -0.4 is 0 Å². The molecule has 1 nitrogen and oxygen atoms in total. The van der Waals surface area contributed by atoms with Gasteiger partial charge in [-0.25, -0.2) is 0 Å². The number of hydrogen-bond acceptors (Lipinski definition) is 1. The van der Waals surface area contributed by atoms with Crippen molar-refractivity contribution in [1.29, 1.82) is 0 Å². The highest BCUT2D eigenvalue weighted by Gasteiger charge is 1.81. The van der Waals surface area contributed by atoms with Crippen molar-refractivity contribution in [3.8, 4) is 0 Å². The van der Waals surface area contributed by atoms with Crippen LogP contribution in [0.1, 0.15) is 11.1 Å². The Bertz CT molecular complexity index is 169. The Morgan fingerprint density at radius 3 is 1.78 bits per heavy atom. The summed E-state index contributed by atoms with van der Waals surface area (Å²) >= 11 is 0. The Hall–Kier alpha value is -0.560. The number of pyridine rings is 1. The van der Waals surface area contributed by atoms with E-state index in [1.165, 1.54) is 11.1 Å². The molecule has 0 fully saturated rings. The van der Waals surface area contributed by atoms with E-state index in [0.29, 0.717) is 0 Å². The standard InChI is InChI=1S/C7H9N.ClH/c1-6-3-7(2)5-8-4-6;/h3-5H,1-2H3;1H. The van der Waals surface area contributed by atoms with Gasteiger partial charge in [0, 0.05) is 12.4 Å². The SMILES string of the molecule is Cc1cncc(C)c1.Cl. The fraction of sp³-hybridized carbons (Fsp3) is 0.286. The van der Waals surface area contributed by atoms with Crippen molar-refractivity contribution in [2.24, 2.45) is 0 Å².